The summed E-state index contributed by atoms with van der Waals surface area (Å²) < 4.78 is 24.5. The summed E-state index contributed by atoms with van der Waals surface area (Å²) in [6.07, 6.45) is -19.7. The van der Waals surface area contributed by atoms with Gasteiger partial charge in [-0.2, -0.15) is 0 Å². The minimum atomic E-state index is -1.67. The Hall–Kier alpha value is -1.08. The number of ether oxygens (including phenoxy) is 5. The Labute approximate surface area is 360 Å². The molecule has 0 aromatic carbocycles. The smallest absolute Gasteiger partial charge is 0.183 e. The fraction of sp³-hybridized carbons (Fsp3) is 1.00. The molecule has 0 amide bonds. The van der Waals surface area contributed by atoms with Gasteiger partial charge in [-0.1, -0.05) is 22.3 Å². The van der Waals surface area contributed by atoms with E-state index in [1.807, 2.05) is 0 Å². The first-order valence-electron chi connectivity index (χ1n) is 18.1. The van der Waals surface area contributed by atoms with Crippen molar-refractivity contribution in [3.05, 3.63) is 0 Å². The topological polar surface area (TPSA) is 491 Å². The van der Waals surface area contributed by atoms with E-state index in [1.165, 1.54) is 0 Å². The molecule has 0 saturated carbocycles. The Morgan fingerprint density at radius 1 is 0.435 bits per heavy atom. The number of fused-ring (bicyclic) bond motifs is 1. The molecule has 5 heterocycles. The van der Waals surface area contributed by atoms with Crippen LogP contribution in [-0.4, -0.2) is 309 Å². The Morgan fingerprint density at radius 3 is 1.11 bits per heavy atom. The second kappa shape index (κ2) is 38.1. The maximum atomic E-state index is 9.16. The molecule has 5 aliphatic heterocycles. The predicted molar refractivity (Wildman–Crippen MR) is 210 cm³/mol. The van der Waals surface area contributed by atoms with E-state index in [0.29, 0.717) is 0 Å². The fourth-order valence-electron chi connectivity index (χ4n) is 5.35. The van der Waals surface area contributed by atoms with Crippen LogP contribution in [0.1, 0.15) is 22.3 Å². The van der Waals surface area contributed by atoms with Crippen LogP contribution in [0.3, 0.4) is 0 Å². The van der Waals surface area contributed by atoms with E-state index in [9.17, 15) is 0 Å². The Kier molecular flexibility index (Phi) is 42.9. The van der Waals surface area contributed by atoms with Crippen LogP contribution >= 0.6 is 0 Å². The van der Waals surface area contributed by atoms with Crippen LogP contribution in [0.25, 0.3) is 0 Å². The zero-order chi connectivity index (χ0) is 46.2. The highest BCUT2D eigenvalue weighted by Gasteiger charge is 2.46. The number of hydrogen-bond donors (Lipinski definition) is 22. The van der Waals surface area contributed by atoms with Crippen LogP contribution in [0.2, 0.25) is 0 Å². The van der Waals surface area contributed by atoms with Crippen LogP contribution < -0.4 is 0 Å². The summed E-state index contributed by atoms with van der Waals surface area (Å²) in [4.78, 5) is 0. The molecule has 27 nitrogen and oxygen atoms in total. The van der Waals surface area contributed by atoms with E-state index in [-0.39, 0.29) is 80.7 Å². The third-order valence-electron chi connectivity index (χ3n) is 8.93. The zero-order valence-electron chi connectivity index (χ0n) is 32.5. The number of rotatable bonds is 10. The van der Waals surface area contributed by atoms with Crippen molar-refractivity contribution in [1.29, 1.82) is 0 Å². The van der Waals surface area contributed by atoms with Gasteiger partial charge in [-0.25, -0.2) is 0 Å². The molecule has 0 spiro atoms. The molecule has 0 aromatic heterocycles. The van der Waals surface area contributed by atoms with Crippen molar-refractivity contribution in [3.8, 4) is 0 Å². The molecule has 3 unspecified atom stereocenters. The van der Waals surface area contributed by atoms with Crippen LogP contribution in [0.4, 0.5) is 0 Å². The molecular weight excluding hydrogens is 852 g/mol. The van der Waals surface area contributed by atoms with Crippen LogP contribution in [0.5, 0.6) is 0 Å². The van der Waals surface area contributed by atoms with Gasteiger partial charge in [0.15, 0.2) is 6.29 Å². The lowest BCUT2D eigenvalue weighted by Crippen LogP contribution is -2.50. The van der Waals surface area contributed by atoms with Gasteiger partial charge in [0.2, 0.25) is 0 Å². The third-order valence-corrected chi connectivity index (χ3v) is 8.93. The highest BCUT2D eigenvalue weighted by Crippen LogP contribution is 2.26. The molecule has 5 aliphatic rings. The van der Waals surface area contributed by atoms with E-state index < -0.39 is 130 Å². The fourth-order valence-corrected chi connectivity index (χ4v) is 5.35. The highest BCUT2D eigenvalue weighted by molar-refractivity contribution is 4.94. The number of hydrogen-bond acceptors (Lipinski definition) is 27. The lowest BCUT2D eigenvalue weighted by atomic mass is 9.97. The predicted octanol–water partition coefficient (Wildman–Crippen LogP) is -11.4. The minimum Gasteiger partial charge on any atom is -0.400 e. The SMILES string of the molecule is C.C.C.CO.CO.OC1CO[C@@H]2C(O)COC12.OC[C@@H](O)[C@@H](O)[C@H](O)[C@@H](O)CO.OC[C@@H](O)[C@H]1OC[C@H](O)[C@H]1O.OC[C@H]1CO[C@H](O)[C@@H](O)[C@@H]1O.OC[C@H]1O[C@H](CO)[C@H](O)[C@H]1O. The van der Waals surface area contributed by atoms with Crippen molar-refractivity contribution in [2.45, 2.75) is 138 Å². The first-order valence-corrected chi connectivity index (χ1v) is 18.1. The summed E-state index contributed by atoms with van der Waals surface area (Å²) in [6.45, 7) is -2.26. The van der Waals surface area contributed by atoms with Crippen molar-refractivity contribution in [2.24, 2.45) is 5.92 Å². The normalized spacial score (nSPS) is 36.3. The molecule has 0 radical (unpaired) electrons. The number of aliphatic hydroxyl groups is 22. The molecule has 5 rings (SSSR count). The Morgan fingerprint density at radius 2 is 0.823 bits per heavy atom. The van der Waals surface area contributed by atoms with E-state index in [4.69, 9.17) is 131 Å². The van der Waals surface area contributed by atoms with Crippen LogP contribution in [0.15, 0.2) is 0 Å². The Balaban J connectivity index is -0.000000211. The van der Waals surface area contributed by atoms with Crippen molar-refractivity contribution < 1.29 is 136 Å². The molecule has 0 aliphatic carbocycles. The van der Waals surface area contributed by atoms with Crippen LogP contribution in [0, 0.1) is 5.92 Å². The van der Waals surface area contributed by atoms with E-state index in [1.54, 1.807) is 0 Å². The van der Waals surface area contributed by atoms with Gasteiger partial charge >= 0.3 is 0 Å². The molecule has 20 atom stereocenters. The van der Waals surface area contributed by atoms with Crippen molar-refractivity contribution >= 4 is 0 Å². The summed E-state index contributed by atoms with van der Waals surface area (Å²) in [6, 6.07) is 0. The average molecular weight is 933 g/mol. The van der Waals surface area contributed by atoms with Gasteiger partial charge < -0.3 is 136 Å². The molecule has 5 saturated heterocycles. The largest absolute Gasteiger partial charge is 0.400 e. The van der Waals surface area contributed by atoms with Gasteiger partial charge in [0, 0.05) is 20.1 Å². The van der Waals surface area contributed by atoms with Gasteiger partial charge in [0.1, 0.15) is 104 Å². The summed E-state index contributed by atoms with van der Waals surface area (Å²) in [7, 11) is 2.00. The zero-order valence-corrected chi connectivity index (χ0v) is 32.5. The molecular formula is C35H80O27. The number of aliphatic hydroxyl groups excluding tert-OH is 22. The molecule has 0 aromatic rings. The Bertz CT molecular complexity index is 943. The van der Waals surface area contributed by atoms with Gasteiger partial charge in [-0.15, -0.1) is 0 Å². The van der Waals surface area contributed by atoms with Crippen molar-refractivity contribution in [1.82, 2.24) is 0 Å². The maximum Gasteiger partial charge on any atom is 0.183 e. The van der Waals surface area contributed by atoms with Gasteiger partial charge in [-0.3, -0.25) is 0 Å². The second-order valence-electron chi connectivity index (χ2n) is 13.0. The summed E-state index contributed by atoms with van der Waals surface area (Å²) in [5.41, 5.74) is 0. The average Bonchev–Trinajstić information content (AvgIpc) is 4.01. The van der Waals surface area contributed by atoms with Gasteiger partial charge in [0.25, 0.3) is 0 Å². The van der Waals surface area contributed by atoms with Gasteiger partial charge in [0.05, 0.1) is 72.2 Å². The monoisotopic (exact) mass is 932 g/mol. The summed E-state index contributed by atoms with van der Waals surface area (Å²) >= 11 is 0. The van der Waals surface area contributed by atoms with E-state index >= 15 is 0 Å². The standard InChI is InChI=1S/C6H14O6.3C6H12O5.C6H10O4.2CH4O.3CH4/c7-1-3(9)5(11)6(12)4(10)2-8;7-1-3(8)6-5(10)4(9)2-11-6;7-1-3-5(9)6(10)4(2-8)11-3;7-1-3-2-11-6(10)5(9)4(3)8;7-3-1-9-6-4(8)2-10-5(3)6;2*1-2;;;/h3-12H,1-2H2;3*3-10H,1-2H2;3-8H,1-2H2;2*2H,1H3;3*1H4/t2*3-,4+,5-,6-;3-,4-,5+,6+;3-,4+,5-,6-;3?,4?,5-,6?;;;;;/m11101...../s1. The van der Waals surface area contributed by atoms with E-state index in [2.05, 4.69) is 4.74 Å². The molecule has 62 heavy (non-hydrogen) atoms. The van der Waals surface area contributed by atoms with Crippen molar-refractivity contribution in [2.75, 3.05) is 80.3 Å². The molecule has 27 heteroatoms. The third kappa shape index (κ3) is 21.9. The molecule has 382 valence electrons. The lowest BCUT2D eigenvalue weighted by molar-refractivity contribution is -0.243. The molecule has 22 N–H and O–H groups in total. The minimum absolute atomic E-state index is 0. The lowest BCUT2D eigenvalue weighted by Gasteiger charge is -2.33. The van der Waals surface area contributed by atoms with Crippen molar-refractivity contribution in [3.63, 3.8) is 0 Å². The first-order chi connectivity index (χ1) is 27.9. The second-order valence-corrected chi connectivity index (χ2v) is 13.0. The maximum absolute atomic E-state index is 9.16. The first kappa shape index (κ1) is 69.9. The summed E-state index contributed by atoms with van der Waals surface area (Å²) in [5, 5.41) is 191. The van der Waals surface area contributed by atoms with Crippen LogP contribution in [-0.2, 0) is 23.7 Å². The molecule has 0 bridgehead atoms. The van der Waals surface area contributed by atoms with E-state index in [0.717, 1.165) is 14.2 Å². The quantitative estimate of drug-likeness (QED) is 0.0967. The summed E-state index contributed by atoms with van der Waals surface area (Å²) in [5.74, 6) is -0.506. The highest BCUT2D eigenvalue weighted by atomic mass is 16.6. The molecule has 5 fully saturated rings. The van der Waals surface area contributed by atoms with Gasteiger partial charge in [-0.05, 0) is 0 Å².